The van der Waals surface area contributed by atoms with Crippen LogP contribution in [0.2, 0.25) is 0 Å². The first-order valence-corrected chi connectivity index (χ1v) is 11.4. The van der Waals surface area contributed by atoms with Crippen molar-refractivity contribution in [3.8, 4) is 5.75 Å². The molecule has 0 saturated carbocycles. The zero-order chi connectivity index (χ0) is 23.3. The number of rotatable bonds is 4. The van der Waals surface area contributed by atoms with Crippen LogP contribution in [0.3, 0.4) is 0 Å². The van der Waals surface area contributed by atoms with Gasteiger partial charge in [-0.05, 0) is 48.4 Å². The summed E-state index contributed by atoms with van der Waals surface area (Å²) in [7, 11) is 6.07. The number of para-hydroxylation sites is 1. The first kappa shape index (κ1) is 22.3. The third-order valence-corrected chi connectivity index (χ3v) is 8.04. The fourth-order valence-electron chi connectivity index (χ4n) is 5.45. The Kier molecular flexibility index (Phi) is 5.27. The number of benzene rings is 2. The largest absolute Gasteiger partial charge is 0.497 e. The van der Waals surface area contributed by atoms with Crippen LogP contribution in [0.1, 0.15) is 45.7 Å². The lowest BCUT2D eigenvalue weighted by Crippen LogP contribution is -2.50. The summed E-state index contributed by atoms with van der Waals surface area (Å²) in [5, 5.41) is 0. The SMILES string of the molecule is COc1ccc2c(c1)C(C)(C)\C(=C/C=C/C=C/C1(C)N(C)c3ccccc3C1(C)C)N2C. The molecular formula is C29H36N2O. The molecular weight excluding hydrogens is 392 g/mol. The Morgan fingerprint density at radius 1 is 0.812 bits per heavy atom. The van der Waals surface area contributed by atoms with E-state index < -0.39 is 0 Å². The average molecular weight is 429 g/mol. The van der Waals surface area contributed by atoms with Gasteiger partial charge in [0, 0.05) is 42.0 Å². The number of allylic oxidation sites excluding steroid dienone is 5. The molecule has 168 valence electrons. The summed E-state index contributed by atoms with van der Waals surface area (Å²) in [5.74, 6) is 0.905. The monoisotopic (exact) mass is 428 g/mol. The molecule has 32 heavy (non-hydrogen) atoms. The maximum Gasteiger partial charge on any atom is 0.119 e. The van der Waals surface area contributed by atoms with Gasteiger partial charge in [0.25, 0.3) is 0 Å². The molecule has 2 aliphatic heterocycles. The maximum absolute atomic E-state index is 5.46. The van der Waals surface area contributed by atoms with Crippen LogP contribution < -0.4 is 14.5 Å². The van der Waals surface area contributed by atoms with Gasteiger partial charge < -0.3 is 14.5 Å². The smallest absolute Gasteiger partial charge is 0.119 e. The Morgan fingerprint density at radius 2 is 1.53 bits per heavy atom. The van der Waals surface area contributed by atoms with Crippen molar-refractivity contribution in [1.82, 2.24) is 0 Å². The summed E-state index contributed by atoms with van der Waals surface area (Å²) >= 11 is 0. The van der Waals surface area contributed by atoms with Crippen LogP contribution in [0.5, 0.6) is 5.75 Å². The molecule has 2 aromatic carbocycles. The highest BCUT2D eigenvalue weighted by Gasteiger charge is 2.50. The van der Waals surface area contributed by atoms with Crippen molar-refractivity contribution in [2.75, 3.05) is 31.0 Å². The summed E-state index contributed by atoms with van der Waals surface area (Å²) in [4.78, 5) is 4.69. The molecule has 0 saturated heterocycles. The normalized spacial score (nSPS) is 24.6. The highest BCUT2D eigenvalue weighted by atomic mass is 16.5. The van der Waals surface area contributed by atoms with Crippen molar-refractivity contribution in [3.63, 3.8) is 0 Å². The second-order valence-corrected chi connectivity index (χ2v) is 10.2. The van der Waals surface area contributed by atoms with Crippen LogP contribution in [0.4, 0.5) is 11.4 Å². The lowest BCUT2D eigenvalue weighted by Gasteiger charge is -2.41. The zero-order valence-corrected chi connectivity index (χ0v) is 20.7. The quantitative estimate of drug-likeness (QED) is 0.510. The minimum atomic E-state index is -0.0929. The van der Waals surface area contributed by atoms with Crippen molar-refractivity contribution in [2.45, 2.75) is 51.0 Å². The Morgan fingerprint density at radius 3 is 2.22 bits per heavy atom. The van der Waals surface area contributed by atoms with E-state index in [1.807, 2.05) is 6.07 Å². The number of nitrogens with zero attached hydrogens (tertiary/aromatic N) is 2. The van der Waals surface area contributed by atoms with Crippen molar-refractivity contribution in [2.24, 2.45) is 0 Å². The van der Waals surface area contributed by atoms with Crippen molar-refractivity contribution >= 4 is 11.4 Å². The molecule has 0 radical (unpaired) electrons. The Hall–Kier alpha value is -2.94. The number of likely N-dealkylation sites (N-methyl/N-ethyl adjacent to an activating group) is 2. The summed E-state index contributed by atoms with van der Waals surface area (Å²) in [6, 6.07) is 15.1. The van der Waals surface area contributed by atoms with E-state index in [0.717, 1.165) is 5.75 Å². The molecule has 0 amide bonds. The summed E-state index contributed by atoms with van der Waals surface area (Å²) < 4.78 is 5.46. The fourth-order valence-corrected chi connectivity index (χ4v) is 5.45. The molecule has 0 N–H and O–H groups in total. The van der Waals surface area contributed by atoms with Gasteiger partial charge in [-0.15, -0.1) is 0 Å². The van der Waals surface area contributed by atoms with Gasteiger partial charge in [0.15, 0.2) is 0 Å². The first-order valence-electron chi connectivity index (χ1n) is 11.4. The summed E-state index contributed by atoms with van der Waals surface area (Å²) in [6.45, 7) is 11.6. The van der Waals surface area contributed by atoms with Gasteiger partial charge in [0.05, 0.1) is 12.6 Å². The van der Waals surface area contributed by atoms with Gasteiger partial charge in [-0.3, -0.25) is 0 Å². The van der Waals surface area contributed by atoms with E-state index in [1.54, 1.807) is 7.11 Å². The van der Waals surface area contributed by atoms with E-state index in [1.165, 1.54) is 28.2 Å². The summed E-state index contributed by atoms with van der Waals surface area (Å²) in [6.07, 6.45) is 11.1. The Balaban J connectivity index is 1.57. The second-order valence-electron chi connectivity index (χ2n) is 10.2. The Labute approximate surface area is 193 Å². The zero-order valence-electron chi connectivity index (χ0n) is 20.7. The molecule has 2 aliphatic rings. The Bertz CT molecular complexity index is 1120. The van der Waals surface area contributed by atoms with E-state index in [9.17, 15) is 0 Å². The molecule has 3 heteroatoms. The molecule has 0 aromatic heterocycles. The van der Waals surface area contributed by atoms with E-state index >= 15 is 0 Å². The van der Waals surface area contributed by atoms with E-state index in [4.69, 9.17) is 4.74 Å². The molecule has 0 bridgehead atoms. The van der Waals surface area contributed by atoms with Gasteiger partial charge in [0.2, 0.25) is 0 Å². The summed E-state index contributed by atoms with van der Waals surface area (Å²) in [5.41, 5.74) is 6.40. The third-order valence-electron chi connectivity index (χ3n) is 8.04. The lowest BCUT2D eigenvalue weighted by molar-refractivity contribution is 0.361. The molecule has 3 nitrogen and oxygen atoms in total. The number of ether oxygens (including phenoxy) is 1. The molecule has 1 atom stereocenters. The highest BCUT2D eigenvalue weighted by Crippen LogP contribution is 2.51. The second kappa shape index (κ2) is 7.58. The predicted molar refractivity (Wildman–Crippen MR) is 137 cm³/mol. The van der Waals surface area contributed by atoms with Crippen LogP contribution in [0, 0.1) is 0 Å². The van der Waals surface area contributed by atoms with Gasteiger partial charge in [0.1, 0.15) is 5.75 Å². The van der Waals surface area contributed by atoms with Crippen LogP contribution >= 0.6 is 0 Å². The minimum Gasteiger partial charge on any atom is -0.497 e. The highest BCUT2D eigenvalue weighted by molar-refractivity contribution is 5.71. The van der Waals surface area contributed by atoms with Crippen LogP contribution in [0.15, 0.2) is 78.5 Å². The number of hydrogen-bond acceptors (Lipinski definition) is 3. The topological polar surface area (TPSA) is 15.7 Å². The van der Waals surface area contributed by atoms with Crippen molar-refractivity contribution in [3.05, 3.63) is 89.7 Å². The molecule has 2 heterocycles. The average Bonchev–Trinajstić information content (AvgIpc) is 3.06. The number of methoxy groups -OCH3 is 1. The third kappa shape index (κ3) is 3.09. The molecule has 2 aromatic rings. The van der Waals surface area contributed by atoms with Gasteiger partial charge >= 0.3 is 0 Å². The van der Waals surface area contributed by atoms with Gasteiger partial charge in [-0.2, -0.15) is 0 Å². The molecule has 0 spiro atoms. The van der Waals surface area contributed by atoms with Gasteiger partial charge in [-0.25, -0.2) is 0 Å². The van der Waals surface area contributed by atoms with Crippen LogP contribution in [-0.2, 0) is 10.8 Å². The standard InChI is InChI=1S/C29H36N2O/c1-27(2)23-20-21(32-8)17-18-24(23)30(6)26(27)16-10-9-13-19-29(5)28(3,4)22-14-11-12-15-25(22)31(29)7/h9-20H,1-8H3/b10-9+,19-13+,26-16+. The number of hydrogen-bond donors (Lipinski definition) is 0. The molecule has 0 fully saturated rings. The van der Waals surface area contributed by atoms with E-state index in [2.05, 4.69) is 125 Å². The van der Waals surface area contributed by atoms with Crippen molar-refractivity contribution < 1.29 is 4.74 Å². The molecule has 1 unspecified atom stereocenters. The van der Waals surface area contributed by atoms with E-state index in [-0.39, 0.29) is 16.4 Å². The number of fused-ring (bicyclic) bond motifs is 2. The molecule has 0 aliphatic carbocycles. The van der Waals surface area contributed by atoms with Crippen molar-refractivity contribution in [1.29, 1.82) is 0 Å². The molecule has 4 rings (SSSR count). The lowest BCUT2D eigenvalue weighted by atomic mass is 9.71. The fraction of sp³-hybridized carbons (Fsp3) is 0.379. The maximum atomic E-state index is 5.46. The van der Waals surface area contributed by atoms with Crippen LogP contribution in [0.25, 0.3) is 0 Å². The predicted octanol–water partition coefficient (Wildman–Crippen LogP) is 6.61. The van der Waals surface area contributed by atoms with E-state index in [0.29, 0.717) is 0 Å². The number of anilines is 2. The van der Waals surface area contributed by atoms with Gasteiger partial charge in [-0.1, -0.05) is 70.2 Å². The van der Waals surface area contributed by atoms with Crippen LogP contribution in [-0.4, -0.2) is 26.7 Å². The minimum absolute atomic E-state index is 0.0233. The first-order chi connectivity index (χ1) is 15.1.